The van der Waals surface area contributed by atoms with E-state index < -0.39 is 0 Å². The first-order valence-corrected chi connectivity index (χ1v) is 13.6. The topological polar surface area (TPSA) is 104 Å². The number of nitrogen functional groups attached to an aromatic ring is 1. The number of rotatable bonds is 5. The molecule has 0 radical (unpaired) electrons. The molecule has 3 heterocycles. The number of nitrogens with zero attached hydrogens (tertiary/aromatic N) is 3. The number of H-pyrrole nitrogens is 1. The number of nitrogens with two attached hydrogens (primary N) is 1. The van der Waals surface area contributed by atoms with E-state index in [1.165, 1.54) is 6.42 Å². The minimum absolute atomic E-state index is 0.107. The van der Waals surface area contributed by atoms with Crippen molar-refractivity contribution in [3.63, 3.8) is 0 Å². The summed E-state index contributed by atoms with van der Waals surface area (Å²) in [5, 5.41) is 0.658. The van der Waals surface area contributed by atoms with Crippen molar-refractivity contribution in [2.24, 2.45) is 4.99 Å². The molecule has 0 aliphatic carbocycles. The Balaban J connectivity index is 0.000000289. The van der Waals surface area contributed by atoms with Crippen LogP contribution in [0.5, 0.6) is 0 Å². The SMILES string of the molecule is CC.CC(=Nc1cc(-c2cc#c[nH]2)c(N)cc1C)N(C=O)Cc1ccc(Cl)cc1.O=C1OC[C@@H]2CCCCN12. The molecule has 0 spiro atoms. The number of benzene rings is 2. The summed E-state index contributed by atoms with van der Waals surface area (Å²) in [7, 11) is 0. The number of cyclic esters (lactones) is 1. The summed E-state index contributed by atoms with van der Waals surface area (Å²) in [5.74, 6) is 0.586. The van der Waals surface area contributed by atoms with Crippen LogP contribution in [0.2, 0.25) is 5.02 Å². The molecule has 2 saturated heterocycles. The van der Waals surface area contributed by atoms with Gasteiger partial charge in [0.05, 0.1) is 24.0 Å². The molecule has 9 heteroatoms. The number of ether oxygens (including phenoxy) is 1. The number of hydrogen-bond donors (Lipinski definition) is 2. The number of carbonyl (C=O) groups excluding carboxylic acids is 2. The van der Waals surface area contributed by atoms with Gasteiger partial charge in [-0.05, 0) is 74.6 Å². The Labute approximate surface area is 235 Å². The van der Waals surface area contributed by atoms with Crippen LogP contribution in [0.1, 0.15) is 51.2 Å². The van der Waals surface area contributed by atoms with E-state index in [0.717, 1.165) is 53.9 Å². The van der Waals surface area contributed by atoms with Gasteiger partial charge >= 0.3 is 6.09 Å². The molecule has 5 rings (SSSR count). The molecule has 39 heavy (non-hydrogen) atoms. The van der Waals surface area contributed by atoms with Crippen molar-refractivity contribution in [1.29, 1.82) is 0 Å². The van der Waals surface area contributed by atoms with Crippen molar-refractivity contribution in [2.75, 3.05) is 18.9 Å². The van der Waals surface area contributed by atoms with E-state index >= 15 is 0 Å². The molecule has 0 unspecified atom stereocenters. The van der Waals surface area contributed by atoms with Gasteiger partial charge in [-0.1, -0.05) is 37.6 Å². The largest absolute Gasteiger partial charge is 0.447 e. The molecule has 3 aromatic rings. The van der Waals surface area contributed by atoms with Crippen molar-refractivity contribution < 1.29 is 14.3 Å². The maximum Gasteiger partial charge on any atom is 0.410 e. The highest BCUT2D eigenvalue weighted by Crippen LogP contribution is 2.32. The van der Waals surface area contributed by atoms with E-state index in [-0.39, 0.29) is 6.09 Å². The summed E-state index contributed by atoms with van der Waals surface area (Å²) < 4.78 is 4.89. The van der Waals surface area contributed by atoms with Crippen molar-refractivity contribution in [3.05, 3.63) is 70.9 Å². The number of nitrogens with one attached hydrogen (secondary N) is 1. The van der Waals surface area contributed by atoms with Crippen LogP contribution < -0.4 is 5.73 Å². The lowest BCUT2D eigenvalue weighted by Crippen LogP contribution is -2.37. The van der Waals surface area contributed by atoms with Crippen LogP contribution in [-0.4, -0.2) is 52.3 Å². The molecule has 1 atom stereocenters. The van der Waals surface area contributed by atoms with Crippen molar-refractivity contribution in [3.8, 4) is 11.3 Å². The van der Waals surface area contributed by atoms with Crippen LogP contribution in [0.25, 0.3) is 11.3 Å². The average molecular weight is 550 g/mol. The highest BCUT2D eigenvalue weighted by molar-refractivity contribution is 6.30. The summed E-state index contributed by atoms with van der Waals surface area (Å²) in [4.78, 5) is 33.5. The van der Waals surface area contributed by atoms with Gasteiger partial charge in [-0.15, -0.1) is 0 Å². The number of aromatic nitrogens is 1. The molecule has 2 aliphatic heterocycles. The second kappa shape index (κ2) is 14.3. The Morgan fingerprint density at radius 2 is 2.03 bits per heavy atom. The van der Waals surface area contributed by atoms with Gasteiger partial charge in [0.1, 0.15) is 12.4 Å². The zero-order valence-electron chi connectivity index (χ0n) is 23.0. The van der Waals surface area contributed by atoms with Gasteiger partial charge in [-0.25, -0.2) is 9.79 Å². The Morgan fingerprint density at radius 1 is 1.28 bits per heavy atom. The monoisotopic (exact) mass is 549 g/mol. The first-order chi connectivity index (χ1) is 18.9. The molecular weight excluding hydrogens is 514 g/mol. The van der Waals surface area contributed by atoms with E-state index in [1.807, 2.05) is 49.9 Å². The number of anilines is 1. The van der Waals surface area contributed by atoms with Gasteiger partial charge < -0.3 is 20.4 Å². The summed E-state index contributed by atoms with van der Waals surface area (Å²) >= 11 is 5.92. The Morgan fingerprint density at radius 3 is 2.67 bits per heavy atom. The van der Waals surface area contributed by atoms with Crippen LogP contribution in [0.3, 0.4) is 0 Å². The van der Waals surface area contributed by atoms with Gasteiger partial charge in [0.2, 0.25) is 6.41 Å². The van der Waals surface area contributed by atoms with E-state index in [0.29, 0.717) is 35.7 Å². The smallest absolute Gasteiger partial charge is 0.410 e. The highest BCUT2D eigenvalue weighted by atomic mass is 35.5. The van der Waals surface area contributed by atoms with Crippen LogP contribution in [-0.2, 0) is 16.1 Å². The van der Waals surface area contributed by atoms with Crippen LogP contribution in [0, 0.1) is 19.2 Å². The predicted octanol–water partition coefficient (Wildman–Crippen LogP) is 6.55. The number of aryl methyl sites for hydroxylation is 1. The number of halogens is 1. The van der Waals surface area contributed by atoms with Crippen molar-refractivity contribution >= 4 is 41.3 Å². The molecule has 1 aromatic heterocycles. The molecule has 2 amide bonds. The fourth-order valence-corrected chi connectivity index (χ4v) is 4.51. The Hall–Kier alpha value is -3.96. The fraction of sp³-hybridized carbons (Fsp3) is 0.367. The van der Waals surface area contributed by atoms with Gasteiger partial charge in [0.25, 0.3) is 0 Å². The number of amides is 2. The average Bonchev–Trinajstić information content (AvgIpc) is 3.62. The highest BCUT2D eigenvalue weighted by Gasteiger charge is 2.34. The van der Waals surface area contributed by atoms with Crippen molar-refractivity contribution in [1.82, 2.24) is 14.8 Å². The van der Waals surface area contributed by atoms with E-state index in [1.54, 1.807) is 30.0 Å². The Kier molecular flexibility index (Phi) is 10.8. The molecule has 3 N–H and O–H groups in total. The van der Waals surface area contributed by atoms with Crippen LogP contribution in [0.4, 0.5) is 16.2 Å². The number of fused-ring (bicyclic) bond motifs is 1. The minimum Gasteiger partial charge on any atom is -0.447 e. The summed E-state index contributed by atoms with van der Waals surface area (Å²) in [6.07, 6.45) is 6.97. The first-order valence-electron chi connectivity index (χ1n) is 13.2. The van der Waals surface area contributed by atoms with Gasteiger partial charge in [-0.2, -0.15) is 0 Å². The molecule has 0 saturated carbocycles. The number of aromatic amines is 1. The number of amidine groups is 1. The number of carbonyl (C=O) groups is 2. The lowest BCUT2D eigenvalue weighted by molar-refractivity contribution is -0.115. The third kappa shape index (κ3) is 7.78. The van der Waals surface area contributed by atoms with E-state index in [9.17, 15) is 9.59 Å². The maximum absolute atomic E-state index is 11.6. The van der Waals surface area contributed by atoms with Gasteiger partial charge in [0, 0.05) is 35.1 Å². The minimum atomic E-state index is -0.107. The fourth-order valence-electron chi connectivity index (χ4n) is 4.38. The van der Waals surface area contributed by atoms with E-state index in [2.05, 4.69) is 22.2 Å². The molecule has 2 fully saturated rings. The number of aliphatic imine (C=N–C) groups is 1. The second-order valence-electron chi connectivity index (χ2n) is 9.12. The zero-order valence-corrected chi connectivity index (χ0v) is 23.7. The summed E-state index contributed by atoms with van der Waals surface area (Å²) in [6.45, 7) is 9.68. The standard InChI is InChI=1S/C21H19ClN4O.C7H11NO2.C2H6/c1-14-10-19(23)18(20-4-3-9-24-20)11-21(14)25-15(2)26(13-27)12-16-5-7-17(22)8-6-16;9-7-8-4-2-1-3-6(8)5-10-7;1-2/h4-8,10-11,13,24H,12,23H2,1-2H3;6H,1-5H2;1-2H3/t;6-;/m.0./s1. The van der Waals surface area contributed by atoms with Gasteiger partial charge in [-0.3, -0.25) is 9.69 Å². The molecule has 8 nitrogen and oxygen atoms in total. The second-order valence-corrected chi connectivity index (χ2v) is 9.55. The molecule has 2 aromatic carbocycles. The number of piperidine rings is 1. The Bertz CT molecular complexity index is 1260. The predicted molar refractivity (Wildman–Crippen MR) is 156 cm³/mol. The first kappa shape index (κ1) is 29.6. The maximum atomic E-state index is 11.6. The van der Waals surface area contributed by atoms with Crippen molar-refractivity contribution in [2.45, 2.75) is 59.5 Å². The quantitative estimate of drug-likeness (QED) is 0.163. The molecule has 2 aliphatic rings. The molecular formula is C30H36ClN5O3. The molecule has 206 valence electrons. The molecule has 0 bridgehead atoms. The van der Waals surface area contributed by atoms with Crippen LogP contribution >= 0.6 is 11.6 Å². The lowest BCUT2D eigenvalue weighted by Gasteiger charge is -2.25. The summed E-state index contributed by atoms with van der Waals surface area (Å²) in [6, 6.07) is 16.2. The lowest BCUT2D eigenvalue weighted by atomic mass is 10.0. The third-order valence-electron chi connectivity index (χ3n) is 6.50. The van der Waals surface area contributed by atoms with Gasteiger partial charge in [0.15, 0.2) is 0 Å². The summed E-state index contributed by atoms with van der Waals surface area (Å²) in [5.41, 5.74) is 11.0. The van der Waals surface area contributed by atoms with Crippen LogP contribution in [0.15, 0.2) is 47.5 Å². The van der Waals surface area contributed by atoms with E-state index in [4.69, 9.17) is 22.1 Å². The number of hydrogen-bond acceptors (Lipinski definition) is 5. The zero-order chi connectivity index (χ0) is 28.4. The normalized spacial score (nSPS) is 16.0. The third-order valence-corrected chi connectivity index (χ3v) is 6.75.